The Labute approximate surface area is 224 Å². The number of hydrogen-bond acceptors (Lipinski definition) is 12. The number of rotatable bonds is 9. The molecule has 0 spiro atoms. The van der Waals surface area contributed by atoms with Gasteiger partial charge in [0.05, 0.1) is 0 Å². The van der Waals surface area contributed by atoms with Crippen molar-refractivity contribution in [3.63, 3.8) is 0 Å². The van der Waals surface area contributed by atoms with Gasteiger partial charge in [-0.15, -0.1) is 23.1 Å². The number of aliphatic hydroxyl groups is 1. The largest absolute Gasteiger partial charge is 0.508 e. The second-order valence-electron chi connectivity index (χ2n) is 8.06. The maximum atomic E-state index is 13.1. The third-order valence-corrected chi connectivity index (χ3v) is 7.67. The summed E-state index contributed by atoms with van der Waals surface area (Å²) in [4.78, 5) is 59.2. The van der Waals surface area contributed by atoms with Gasteiger partial charge in [0.25, 0.3) is 11.8 Å². The molecule has 2 amide bonds. The Morgan fingerprint density at radius 3 is 2.84 bits per heavy atom. The van der Waals surface area contributed by atoms with Crippen molar-refractivity contribution >= 4 is 57.7 Å². The van der Waals surface area contributed by atoms with E-state index < -0.39 is 35.2 Å². The average Bonchev–Trinajstić information content (AvgIpc) is 3.36. The number of thiazole rings is 1. The molecule has 3 aliphatic rings. The van der Waals surface area contributed by atoms with E-state index in [1.807, 2.05) is 6.08 Å². The lowest BCUT2D eigenvalue weighted by Crippen LogP contribution is -2.71. The number of oxime groups is 1. The number of nitrogens with zero attached hydrogens (tertiary/aromatic N) is 3. The van der Waals surface area contributed by atoms with Gasteiger partial charge in [-0.1, -0.05) is 17.3 Å². The lowest BCUT2D eigenvalue weighted by Gasteiger charge is -2.49. The van der Waals surface area contributed by atoms with E-state index in [1.54, 1.807) is 23.7 Å². The molecule has 0 bridgehead atoms. The van der Waals surface area contributed by atoms with Gasteiger partial charge in [0.1, 0.15) is 42.3 Å². The molecular weight excluding hydrogens is 538 g/mol. The van der Waals surface area contributed by atoms with Crippen LogP contribution in [0.5, 0.6) is 0 Å². The lowest BCUT2D eigenvalue weighted by atomic mass is 10.0. The van der Waals surface area contributed by atoms with Crippen LogP contribution < -0.4 is 10.6 Å². The number of ether oxygens (including phenoxy) is 1. The first-order chi connectivity index (χ1) is 18.2. The standard InChI is InChI=1S/C23H23N5O8S2/c1-11(29)36-8-13-9-37-21-17(20(32)28(21)18(13)22(33)34)26-19(31)16(27-35-2)14-10-38-23(25-14)24-7-12-5-3-4-6-15(12)30/h3-4,6-7,10,17,21,30H,5,8-9H2,1-2H3,(H,24,25)(H,26,31)(H,33,34)/b12-7-,27-16-/t17-,21-/m1/s1. The molecule has 13 nitrogen and oxygen atoms in total. The van der Waals surface area contributed by atoms with E-state index >= 15 is 0 Å². The van der Waals surface area contributed by atoms with Crippen LogP contribution in [0, 0.1) is 0 Å². The molecule has 1 saturated heterocycles. The van der Waals surface area contributed by atoms with Crippen LogP contribution >= 0.6 is 23.1 Å². The third kappa shape index (κ3) is 5.57. The zero-order valence-electron chi connectivity index (χ0n) is 20.2. The number of aliphatic carboxylic acids is 1. The van der Waals surface area contributed by atoms with Gasteiger partial charge in [0.15, 0.2) is 10.8 Å². The van der Waals surface area contributed by atoms with Crippen LogP contribution in [0.25, 0.3) is 0 Å². The van der Waals surface area contributed by atoms with Crippen molar-refractivity contribution in [2.75, 3.05) is 24.8 Å². The van der Waals surface area contributed by atoms with Crippen molar-refractivity contribution in [2.24, 2.45) is 5.16 Å². The number of carboxylic acid groups (broad SMARTS) is 1. The third-order valence-electron chi connectivity index (χ3n) is 5.56. The van der Waals surface area contributed by atoms with Gasteiger partial charge in [-0.25, -0.2) is 9.78 Å². The number of nitrogens with one attached hydrogen (secondary N) is 2. The Hall–Kier alpha value is -4.11. The topological polar surface area (TPSA) is 180 Å². The van der Waals surface area contributed by atoms with Crippen LogP contribution in [0.2, 0.25) is 0 Å². The molecule has 0 unspecified atom stereocenters. The Morgan fingerprint density at radius 1 is 1.37 bits per heavy atom. The summed E-state index contributed by atoms with van der Waals surface area (Å²) in [6, 6.07) is -1.01. The fourth-order valence-electron chi connectivity index (χ4n) is 3.78. The number of esters is 1. The van der Waals surface area contributed by atoms with E-state index in [0.717, 1.165) is 4.90 Å². The first-order valence-electron chi connectivity index (χ1n) is 11.1. The Morgan fingerprint density at radius 2 is 2.16 bits per heavy atom. The molecule has 15 heteroatoms. The van der Waals surface area contributed by atoms with Gasteiger partial charge in [-0.05, 0) is 12.5 Å². The molecule has 1 fully saturated rings. The number of carbonyl (C=O) groups is 4. The number of amides is 2. The quantitative estimate of drug-likeness (QED) is 0.148. The Balaban J connectivity index is 1.45. The zero-order chi connectivity index (χ0) is 27.4. The van der Waals surface area contributed by atoms with E-state index in [-0.39, 0.29) is 35.2 Å². The number of allylic oxidation sites excluding steroid dienone is 4. The van der Waals surface area contributed by atoms with E-state index in [2.05, 4.69) is 20.8 Å². The molecule has 3 heterocycles. The first kappa shape index (κ1) is 26.9. The maximum absolute atomic E-state index is 13.1. The number of β-lactam (4-membered cyclic amide) rings is 1. The normalized spacial score (nSPS) is 21.9. The smallest absolute Gasteiger partial charge is 0.352 e. The SMILES string of the molecule is CO/N=C(\C(=O)N[C@@H]1C(=O)N2C(C(=O)O)=C(COC(C)=O)CS[C@H]12)c1csc(N/C=C2/CC=CC=C2O)n1. The van der Waals surface area contributed by atoms with Gasteiger partial charge >= 0.3 is 11.9 Å². The molecule has 2 aliphatic heterocycles. The van der Waals surface area contributed by atoms with Crippen LogP contribution in [0.4, 0.5) is 5.13 Å². The lowest BCUT2D eigenvalue weighted by molar-refractivity contribution is -0.150. The van der Waals surface area contributed by atoms with E-state index in [1.165, 1.54) is 37.1 Å². The molecule has 200 valence electrons. The van der Waals surface area contributed by atoms with Gasteiger partial charge in [0.2, 0.25) is 0 Å². The summed E-state index contributed by atoms with van der Waals surface area (Å²) in [5.74, 6) is -2.92. The summed E-state index contributed by atoms with van der Waals surface area (Å²) >= 11 is 2.43. The monoisotopic (exact) mass is 561 g/mol. The number of carboxylic acids is 1. The summed E-state index contributed by atoms with van der Waals surface area (Å²) < 4.78 is 4.92. The summed E-state index contributed by atoms with van der Waals surface area (Å²) in [5, 5.41) is 30.3. The van der Waals surface area contributed by atoms with E-state index in [4.69, 9.17) is 9.57 Å². The molecule has 1 aromatic rings. The number of fused-ring (bicyclic) bond motifs is 1. The summed E-state index contributed by atoms with van der Waals surface area (Å²) in [6.07, 6.45) is 7.36. The van der Waals surface area contributed by atoms with Crippen molar-refractivity contribution in [3.05, 3.63) is 58.1 Å². The van der Waals surface area contributed by atoms with Crippen LogP contribution in [0.3, 0.4) is 0 Å². The number of aromatic nitrogens is 1. The highest BCUT2D eigenvalue weighted by Crippen LogP contribution is 2.40. The summed E-state index contributed by atoms with van der Waals surface area (Å²) in [5.41, 5.74) is 0.712. The fraction of sp³-hybridized carbons (Fsp3) is 0.304. The Kier molecular flexibility index (Phi) is 8.16. The predicted molar refractivity (Wildman–Crippen MR) is 138 cm³/mol. The minimum atomic E-state index is -1.33. The molecule has 2 atom stereocenters. The van der Waals surface area contributed by atoms with Gasteiger partial charge in [-0.2, -0.15) is 0 Å². The highest BCUT2D eigenvalue weighted by Gasteiger charge is 2.54. The van der Waals surface area contributed by atoms with Crippen molar-refractivity contribution in [3.8, 4) is 0 Å². The molecule has 1 aliphatic carbocycles. The van der Waals surface area contributed by atoms with E-state index in [0.29, 0.717) is 22.7 Å². The van der Waals surface area contributed by atoms with Crippen molar-refractivity contribution in [1.29, 1.82) is 0 Å². The minimum absolute atomic E-state index is 0.136. The van der Waals surface area contributed by atoms with Gasteiger partial charge < -0.3 is 30.4 Å². The molecule has 0 radical (unpaired) electrons. The van der Waals surface area contributed by atoms with Crippen LogP contribution in [-0.4, -0.2) is 80.4 Å². The summed E-state index contributed by atoms with van der Waals surface area (Å²) in [6.45, 7) is 0.958. The first-order valence-corrected chi connectivity index (χ1v) is 13.1. The molecule has 0 saturated carbocycles. The predicted octanol–water partition coefficient (Wildman–Crippen LogP) is 1.49. The number of hydrogen-bond donors (Lipinski definition) is 4. The van der Waals surface area contributed by atoms with E-state index in [9.17, 15) is 29.4 Å². The molecule has 38 heavy (non-hydrogen) atoms. The second kappa shape index (κ2) is 11.5. The van der Waals surface area contributed by atoms with Gasteiger partial charge in [-0.3, -0.25) is 19.3 Å². The fourth-order valence-corrected chi connectivity index (χ4v) is 5.78. The van der Waals surface area contributed by atoms with Crippen molar-refractivity contribution < 1.29 is 39.0 Å². The number of anilines is 1. The van der Waals surface area contributed by atoms with Crippen LogP contribution in [0.15, 0.2) is 57.6 Å². The van der Waals surface area contributed by atoms with Crippen molar-refractivity contribution in [1.82, 2.24) is 15.2 Å². The highest BCUT2D eigenvalue weighted by molar-refractivity contribution is 8.00. The maximum Gasteiger partial charge on any atom is 0.352 e. The average molecular weight is 562 g/mol. The van der Waals surface area contributed by atoms with Crippen LogP contribution in [-0.2, 0) is 28.8 Å². The summed E-state index contributed by atoms with van der Waals surface area (Å²) in [7, 11) is 1.26. The second-order valence-corrected chi connectivity index (χ2v) is 10.0. The number of thioether (sulfide) groups is 1. The molecular formula is C23H23N5O8S2. The van der Waals surface area contributed by atoms with Crippen molar-refractivity contribution in [2.45, 2.75) is 24.8 Å². The zero-order valence-corrected chi connectivity index (χ0v) is 21.8. The highest BCUT2D eigenvalue weighted by atomic mass is 32.2. The Bertz CT molecular complexity index is 1330. The number of carbonyl (C=O) groups excluding carboxylic acids is 3. The molecule has 4 rings (SSSR count). The molecule has 0 aromatic carbocycles. The van der Waals surface area contributed by atoms with Gasteiger partial charge in [0, 0.05) is 35.4 Å². The molecule has 1 aromatic heterocycles. The van der Waals surface area contributed by atoms with Crippen LogP contribution in [0.1, 0.15) is 19.0 Å². The minimum Gasteiger partial charge on any atom is -0.508 e. The molecule has 4 N–H and O–H groups in total. The number of aliphatic hydroxyl groups excluding tert-OH is 1.